The second kappa shape index (κ2) is 9.39. The summed E-state index contributed by atoms with van der Waals surface area (Å²) in [5.74, 6) is -1.86. The molecule has 1 amide bonds. The zero-order chi connectivity index (χ0) is 16.9. The van der Waals surface area contributed by atoms with E-state index in [4.69, 9.17) is 5.73 Å². The Hall–Kier alpha value is 0.0800. The fourth-order valence-corrected chi connectivity index (χ4v) is 3.26. The highest BCUT2D eigenvalue weighted by Gasteiger charge is 2.24. The van der Waals surface area contributed by atoms with E-state index in [1.807, 2.05) is 0 Å². The Labute approximate surface area is 162 Å². The molecule has 0 aliphatic heterocycles. The van der Waals surface area contributed by atoms with Crippen LogP contribution >= 0.6 is 63.7 Å². The van der Waals surface area contributed by atoms with Gasteiger partial charge in [-0.25, -0.2) is 4.79 Å². The van der Waals surface area contributed by atoms with Gasteiger partial charge >= 0.3 is 5.97 Å². The minimum Gasteiger partial charge on any atom is -0.478 e. The predicted molar refractivity (Wildman–Crippen MR) is 102 cm³/mol. The molecule has 3 N–H and O–H groups in total. The number of carboxylic acids is 1. The summed E-state index contributed by atoms with van der Waals surface area (Å²) in [5, 5.41) is 10.9. The number of alkyl halides is 4. The first-order valence-electron chi connectivity index (χ1n) is 6.39. The molecule has 122 valence electrons. The molecular formula is C14H15Br4NO3. The van der Waals surface area contributed by atoms with Crippen molar-refractivity contribution in [2.24, 2.45) is 5.73 Å². The first-order valence-corrected chi connectivity index (χ1v) is 10.5. The lowest BCUT2D eigenvalue weighted by molar-refractivity contribution is 0.0690. The number of carbonyl (C=O) groups is 2. The van der Waals surface area contributed by atoms with E-state index in [-0.39, 0.29) is 20.8 Å². The number of carboxylic acid groups (broad SMARTS) is 1. The van der Waals surface area contributed by atoms with Gasteiger partial charge in [0.15, 0.2) is 0 Å². The van der Waals surface area contributed by atoms with Crippen molar-refractivity contribution < 1.29 is 14.7 Å². The lowest BCUT2D eigenvalue weighted by Gasteiger charge is -2.18. The van der Waals surface area contributed by atoms with Gasteiger partial charge < -0.3 is 10.8 Å². The highest BCUT2D eigenvalue weighted by Crippen LogP contribution is 2.26. The van der Waals surface area contributed by atoms with Crippen molar-refractivity contribution >= 4 is 75.6 Å². The van der Waals surface area contributed by atoms with Crippen LogP contribution in [0.25, 0.3) is 0 Å². The number of hydrogen-bond acceptors (Lipinski definition) is 2. The van der Waals surface area contributed by atoms with E-state index >= 15 is 0 Å². The highest BCUT2D eigenvalue weighted by molar-refractivity contribution is 9.12. The molecule has 0 radical (unpaired) electrons. The maximum Gasteiger partial charge on any atom is 0.336 e. The number of halogens is 4. The molecular weight excluding hydrogens is 550 g/mol. The first kappa shape index (κ1) is 20.1. The van der Waals surface area contributed by atoms with Gasteiger partial charge in [-0.1, -0.05) is 69.8 Å². The van der Waals surface area contributed by atoms with Crippen molar-refractivity contribution in [3.8, 4) is 0 Å². The number of amides is 1. The maximum absolute atomic E-state index is 11.7. The number of benzene rings is 1. The molecule has 0 aromatic heterocycles. The van der Waals surface area contributed by atoms with Gasteiger partial charge in [-0.15, -0.1) is 0 Å². The van der Waals surface area contributed by atoms with Gasteiger partial charge in [0, 0.05) is 20.3 Å². The van der Waals surface area contributed by atoms with Crippen LogP contribution in [0.2, 0.25) is 0 Å². The molecule has 22 heavy (non-hydrogen) atoms. The average molecular weight is 565 g/mol. The summed E-state index contributed by atoms with van der Waals surface area (Å²) >= 11 is 13.8. The summed E-state index contributed by atoms with van der Waals surface area (Å²) in [5.41, 5.74) is 6.92. The van der Waals surface area contributed by atoms with Crippen LogP contribution in [-0.2, 0) is 12.8 Å². The van der Waals surface area contributed by atoms with Gasteiger partial charge in [0.2, 0.25) is 5.91 Å². The molecule has 0 heterocycles. The third kappa shape index (κ3) is 5.32. The zero-order valence-electron chi connectivity index (χ0n) is 11.5. The van der Waals surface area contributed by atoms with Crippen LogP contribution in [0.5, 0.6) is 0 Å². The Kier molecular flexibility index (Phi) is 8.59. The molecule has 0 aliphatic carbocycles. The summed E-state index contributed by atoms with van der Waals surface area (Å²) in [4.78, 5) is 23.4. The normalized spacial score (nSPS) is 13.6. The van der Waals surface area contributed by atoms with Crippen molar-refractivity contribution in [3.63, 3.8) is 0 Å². The number of rotatable bonds is 8. The molecule has 0 saturated heterocycles. The van der Waals surface area contributed by atoms with Gasteiger partial charge in [0.25, 0.3) is 0 Å². The van der Waals surface area contributed by atoms with Crippen molar-refractivity contribution in [2.45, 2.75) is 22.5 Å². The van der Waals surface area contributed by atoms with Gasteiger partial charge in [0.05, 0.1) is 11.1 Å². The monoisotopic (exact) mass is 561 g/mol. The molecule has 0 saturated carbocycles. The molecule has 0 aliphatic rings. The van der Waals surface area contributed by atoms with Crippen LogP contribution in [0.3, 0.4) is 0 Å². The van der Waals surface area contributed by atoms with E-state index in [1.165, 1.54) is 6.07 Å². The van der Waals surface area contributed by atoms with E-state index in [0.717, 1.165) is 10.9 Å². The maximum atomic E-state index is 11.7. The summed E-state index contributed by atoms with van der Waals surface area (Å²) < 4.78 is 0. The van der Waals surface area contributed by atoms with Crippen LogP contribution in [0, 0.1) is 0 Å². The largest absolute Gasteiger partial charge is 0.478 e. The van der Waals surface area contributed by atoms with E-state index in [0.29, 0.717) is 23.7 Å². The number of primary amides is 1. The molecule has 2 atom stereocenters. The Balaban J connectivity index is 3.47. The second-order valence-electron chi connectivity index (χ2n) is 4.71. The first-order chi connectivity index (χ1) is 10.3. The Morgan fingerprint density at radius 1 is 1.09 bits per heavy atom. The SMILES string of the molecule is NC(=O)c1ccc(CC(Br)CBr)c(CC(Br)CBr)c1C(=O)O. The quantitative estimate of drug-likeness (QED) is 0.470. The molecule has 4 nitrogen and oxygen atoms in total. The van der Waals surface area contributed by atoms with Gasteiger partial charge in [-0.3, -0.25) is 4.79 Å². The average Bonchev–Trinajstić information content (AvgIpc) is 2.47. The molecule has 2 unspecified atom stereocenters. The van der Waals surface area contributed by atoms with Crippen molar-refractivity contribution in [2.75, 3.05) is 10.7 Å². The van der Waals surface area contributed by atoms with Gasteiger partial charge in [0.1, 0.15) is 0 Å². The summed E-state index contributed by atoms with van der Waals surface area (Å²) in [6, 6.07) is 3.28. The molecule has 8 heteroatoms. The molecule has 1 aromatic rings. The minimum atomic E-state index is -1.13. The van der Waals surface area contributed by atoms with Crippen molar-refractivity contribution in [1.82, 2.24) is 0 Å². The number of nitrogens with two attached hydrogens (primary N) is 1. The zero-order valence-corrected chi connectivity index (χ0v) is 17.8. The highest BCUT2D eigenvalue weighted by atomic mass is 79.9. The predicted octanol–water partition coefficient (Wildman–Crippen LogP) is 3.89. The Bertz CT molecular complexity index is 565. The smallest absolute Gasteiger partial charge is 0.336 e. The van der Waals surface area contributed by atoms with Crippen LogP contribution in [0.4, 0.5) is 0 Å². The van der Waals surface area contributed by atoms with Crippen LogP contribution in [0.15, 0.2) is 12.1 Å². The van der Waals surface area contributed by atoms with Crippen LogP contribution < -0.4 is 5.73 Å². The van der Waals surface area contributed by atoms with Crippen LogP contribution in [0.1, 0.15) is 31.8 Å². The van der Waals surface area contributed by atoms with Gasteiger partial charge in [-0.05, 0) is 30.0 Å². The standard InChI is InChI=1S/C14H15Br4NO3/c15-5-8(17)3-7-1-2-10(13(19)20)12(14(21)22)11(7)4-9(18)6-16/h1-2,8-9H,3-6H2,(H2,19,20)(H,21,22). The lowest BCUT2D eigenvalue weighted by atomic mass is 9.90. The molecule has 1 rings (SSSR count). The third-order valence-electron chi connectivity index (χ3n) is 3.09. The third-order valence-corrected chi connectivity index (χ3v) is 7.69. The summed E-state index contributed by atoms with van der Waals surface area (Å²) in [7, 11) is 0. The number of carbonyl (C=O) groups excluding carboxylic acids is 1. The molecule has 0 bridgehead atoms. The molecule has 1 aromatic carbocycles. The van der Waals surface area contributed by atoms with E-state index in [1.54, 1.807) is 6.07 Å². The summed E-state index contributed by atoms with van der Waals surface area (Å²) in [6.07, 6.45) is 1.15. The van der Waals surface area contributed by atoms with E-state index in [9.17, 15) is 14.7 Å². The molecule has 0 spiro atoms. The Morgan fingerprint density at radius 2 is 1.64 bits per heavy atom. The number of aromatic carboxylic acids is 1. The van der Waals surface area contributed by atoms with E-state index in [2.05, 4.69) is 63.7 Å². The van der Waals surface area contributed by atoms with Crippen molar-refractivity contribution in [3.05, 3.63) is 34.4 Å². The van der Waals surface area contributed by atoms with Crippen molar-refractivity contribution in [1.29, 1.82) is 0 Å². The van der Waals surface area contributed by atoms with E-state index < -0.39 is 11.9 Å². The topological polar surface area (TPSA) is 80.4 Å². The summed E-state index contributed by atoms with van der Waals surface area (Å²) in [6.45, 7) is 0. The molecule has 0 fully saturated rings. The lowest BCUT2D eigenvalue weighted by Crippen LogP contribution is -2.21. The second-order valence-corrected chi connectivity index (χ2v) is 8.59. The fraction of sp³-hybridized carbons (Fsp3) is 0.429. The van der Waals surface area contributed by atoms with Crippen LogP contribution in [-0.4, -0.2) is 37.3 Å². The number of hydrogen-bond donors (Lipinski definition) is 2. The van der Waals surface area contributed by atoms with Gasteiger partial charge in [-0.2, -0.15) is 0 Å². The Morgan fingerprint density at radius 3 is 2.09 bits per heavy atom. The minimum absolute atomic E-state index is 0.00433. The fourth-order valence-electron chi connectivity index (χ4n) is 2.13.